The number of halogens is 1. The first-order valence-electron chi connectivity index (χ1n) is 8.88. The number of nitrogens with zero attached hydrogens (tertiary/aromatic N) is 2. The van der Waals surface area contributed by atoms with Gasteiger partial charge in [-0.2, -0.15) is 0 Å². The molecule has 0 heterocycles. The second kappa shape index (κ2) is 14.3. The number of methoxy groups -OCH3 is 1. The van der Waals surface area contributed by atoms with Gasteiger partial charge in [-0.05, 0) is 45.0 Å². The highest BCUT2D eigenvalue weighted by atomic mass is 127. The molecule has 0 saturated heterocycles. The Morgan fingerprint density at radius 1 is 1.16 bits per heavy atom. The van der Waals surface area contributed by atoms with Crippen LogP contribution in [0.1, 0.15) is 37.4 Å². The highest BCUT2D eigenvalue weighted by Crippen LogP contribution is 2.19. The molecule has 0 aliphatic carbocycles. The summed E-state index contributed by atoms with van der Waals surface area (Å²) in [6.45, 7) is 7.46. The van der Waals surface area contributed by atoms with Crippen molar-refractivity contribution in [2.24, 2.45) is 4.99 Å². The molecule has 0 saturated carbocycles. The summed E-state index contributed by atoms with van der Waals surface area (Å²) in [6, 6.07) is 9.13. The average Bonchev–Trinajstić information content (AvgIpc) is 2.59. The lowest BCUT2D eigenvalue weighted by atomic mass is 10.0. The first-order valence-corrected chi connectivity index (χ1v) is 8.88. The number of hydrogen-bond acceptors (Lipinski definition) is 3. The van der Waals surface area contributed by atoms with Crippen molar-refractivity contribution in [2.75, 3.05) is 47.4 Å². The lowest BCUT2D eigenvalue weighted by Gasteiger charge is -2.24. The molecule has 0 aromatic heterocycles. The average molecular weight is 462 g/mol. The van der Waals surface area contributed by atoms with Crippen molar-refractivity contribution in [3.63, 3.8) is 0 Å². The van der Waals surface area contributed by atoms with Crippen LogP contribution in [0, 0.1) is 0 Å². The summed E-state index contributed by atoms with van der Waals surface area (Å²) in [6.07, 6.45) is 2.04. The molecule has 6 heteroatoms. The number of guanidine groups is 1. The summed E-state index contributed by atoms with van der Waals surface area (Å²) < 4.78 is 5.08. The minimum atomic E-state index is 0. The van der Waals surface area contributed by atoms with E-state index in [0.717, 1.165) is 45.0 Å². The first kappa shape index (κ1) is 24.1. The van der Waals surface area contributed by atoms with Gasteiger partial charge >= 0.3 is 0 Å². The van der Waals surface area contributed by atoms with Gasteiger partial charge in [0, 0.05) is 26.8 Å². The maximum absolute atomic E-state index is 5.08. The van der Waals surface area contributed by atoms with Gasteiger partial charge in [0.1, 0.15) is 0 Å². The van der Waals surface area contributed by atoms with Gasteiger partial charge in [0.25, 0.3) is 0 Å². The molecule has 144 valence electrons. The number of ether oxygens (including phenoxy) is 1. The molecular formula is C19H35IN4O. The van der Waals surface area contributed by atoms with Gasteiger partial charge in [-0.25, -0.2) is 0 Å². The van der Waals surface area contributed by atoms with Crippen LogP contribution < -0.4 is 10.6 Å². The van der Waals surface area contributed by atoms with Crippen LogP contribution in [-0.4, -0.2) is 58.3 Å². The van der Waals surface area contributed by atoms with Crippen LogP contribution in [0.25, 0.3) is 0 Å². The summed E-state index contributed by atoms with van der Waals surface area (Å²) in [4.78, 5) is 6.98. The Bertz CT molecular complexity index is 477. The van der Waals surface area contributed by atoms with Gasteiger partial charge in [-0.1, -0.05) is 31.2 Å². The molecule has 1 aromatic rings. The van der Waals surface area contributed by atoms with Crippen molar-refractivity contribution < 1.29 is 4.74 Å². The fourth-order valence-corrected chi connectivity index (χ4v) is 2.49. The smallest absolute Gasteiger partial charge is 0.191 e. The van der Waals surface area contributed by atoms with E-state index < -0.39 is 0 Å². The van der Waals surface area contributed by atoms with E-state index in [9.17, 15) is 0 Å². The minimum Gasteiger partial charge on any atom is -0.385 e. The second-order valence-electron chi connectivity index (χ2n) is 6.07. The fraction of sp³-hybridized carbons (Fsp3) is 0.632. The molecule has 0 aliphatic rings. The SMILES string of the molecule is CCNC(=NCC(c1ccc(CC)cc1)N(C)C)NCCCOC.I. The Hall–Kier alpha value is -0.860. The number of nitrogens with one attached hydrogen (secondary N) is 2. The largest absolute Gasteiger partial charge is 0.385 e. The first-order chi connectivity index (χ1) is 11.6. The molecule has 1 aromatic carbocycles. The zero-order valence-electron chi connectivity index (χ0n) is 16.3. The molecule has 0 spiro atoms. The predicted molar refractivity (Wildman–Crippen MR) is 118 cm³/mol. The molecule has 1 unspecified atom stereocenters. The van der Waals surface area contributed by atoms with Gasteiger partial charge in [0.05, 0.1) is 12.6 Å². The minimum absolute atomic E-state index is 0. The third-order valence-corrected chi connectivity index (χ3v) is 3.98. The Morgan fingerprint density at radius 2 is 1.84 bits per heavy atom. The Kier molecular flexibility index (Phi) is 13.8. The molecule has 0 amide bonds. The van der Waals surface area contributed by atoms with Crippen molar-refractivity contribution in [1.82, 2.24) is 15.5 Å². The topological polar surface area (TPSA) is 48.9 Å². The van der Waals surface area contributed by atoms with Crippen molar-refractivity contribution in [3.05, 3.63) is 35.4 Å². The molecule has 0 fully saturated rings. The molecule has 0 bridgehead atoms. The Balaban J connectivity index is 0.00000576. The third-order valence-electron chi connectivity index (χ3n) is 3.98. The van der Waals surface area contributed by atoms with E-state index in [-0.39, 0.29) is 30.0 Å². The van der Waals surface area contributed by atoms with Gasteiger partial charge < -0.3 is 20.3 Å². The highest BCUT2D eigenvalue weighted by molar-refractivity contribution is 14.0. The highest BCUT2D eigenvalue weighted by Gasteiger charge is 2.14. The lowest BCUT2D eigenvalue weighted by molar-refractivity contribution is 0.195. The fourth-order valence-electron chi connectivity index (χ4n) is 2.49. The molecule has 1 atom stereocenters. The molecular weight excluding hydrogens is 427 g/mol. The van der Waals surface area contributed by atoms with Crippen molar-refractivity contribution in [2.45, 2.75) is 32.7 Å². The third kappa shape index (κ3) is 9.42. The zero-order chi connectivity index (χ0) is 17.8. The van der Waals surface area contributed by atoms with Crippen LogP contribution in [0.3, 0.4) is 0 Å². The number of aliphatic imine (C=N–C) groups is 1. The lowest BCUT2D eigenvalue weighted by Crippen LogP contribution is -2.38. The Morgan fingerprint density at radius 3 is 2.36 bits per heavy atom. The predicted octanol–water partition coefficient (Wildman–Crippen LogP) is 3.06. The summed E-state index contributed by atoms with van der Waals surface area (Å²) >= 11 is 0. The van der Waals surface area contributed by atoms with E-state index in [1.807, 2.05) is 0 Å². The monoisotopic (exact) mass is 462 g/mol. The summed E-state index contributed by atoms with van der Waals surface area (Å²) in [5.74, 6) is 0.866. The zero-order valence-corrected chi connectivity index (χ0v) is 18.7. The Labute approximate surface area is 170 Å². The van der Waals surface area contributed by atoms with Gasteiger partial charge in [-0.3, -0.25) is 4.99 Å². The summed E-state index contributed by atoms with van der Waals surface area (Å²) in [5.41, 5.74) is 2.67. The molecule has 0 aliphatic heterocycles. The molecule has 25 heavy (non-hydrogen) atoms. The van der Waals surface area contributed by atoms with Gasteiger partial charge in [-0.15, -0.1) is 24.0 Å². The standard InChI is InChI=1S/C19H34N4O.HI/c1-6-16-9-11-17(12-10-16)18(23(3)4)15-22-19(20-7-2)21-13-8-14-24-5;/h9-12,18H,6-8,13-15H2,1-5H3,(H2,20,21,22);1H. The molecule has 2 N–H and O–H groups in total. The van der Waals surface area contributed by atoms with Crippen LogP contribution in [0.2, 0.25) is 0 Å². The summed E-state index contributed by atoms with van der Waals surface area (Å²) in [5, 5.41) is 6.66. The number of benzene rings is 1. The maximum Gasteiger partial charge on any atom is 0.191 e. The number of aryl methyl sites for hydroxylation is 1. The number of rotatable bonds is 10. The quantitative estimate of drug-likeness (QED) is 0.243. The van der Waals surface area contributed by atoms with Crippen LogP contribution >= 0.6 is 24.0 Å². The van der Waals surface area contributed by atoms with Crippen LogP contribution in [-0.2, 0) is 11.2 Å². The van der Waals surface area contributed by atoms with E-state index in [1.54, 1.807) is 7.11 Å². The molecule has 0 radical (unpaired) electrons. The summed E-state index contributed by atoms with van der Waals surface area (Å²) in [7, 11) is 5.94. The van der Waals surface area contributed by atoms with Crippen LogP contribution in [0.5, 0.6) is 0 Å². The number of hydrogen-bond donors (Lipinski definition) is 2. The van der Waals surface area contributed by atoms with E-state index in [2.05, 4.69) is 67.7 Å². The van der Waals surface area contributed by atoms with Gasteiger partial charge in [0.2, 0.25) is 0 Å². The van der Waals surface area contributed by atoms with E-state index >= 15 is 0 Å². The van der Waals surface area contributed by atoms with E-state index in [0.29, 0.717) is 0 Å². The van der Waals surface area contributed by atoms with Crippen molar-refractivity contribution >= 4 is 29.9 Å². The van der Waals surface area contributed by atoms with Crippen LogP contribution in [0.4, 0.5) is 0 Å². The van der Waals surface area contributed by atoms with Gasteiger partial charge in [0.15, 0.2) is 5.96 Å². The second-order valence-corrected chi connectivity index (χ2v) is 6.07. The molecule has 1 rings (SSSR count). The maximum atomic E-state index is 5.08. The van der Waals surface area contributed by atoms with Crippen molar-refractivity contribution in [3.8, 4) is 0 Å². The number of likely N-dealkylation sites (N-methyl/N-ethyl adjacent to an activating group) is 1. The molecule has 5 nitrogen and oxygen atoms in total. The van der Waals surface area contributed by atoms with Crippen LogP contribution in [0.15, 0.2) is 29.3 Å². The van der Waals surface area contributed by atoms with E-state index in [4.69, 9.17) is 9.73 Å². The van der Waals surface area contributed by atoms with E-state index in [1.165, 1.54) is 11.1 Å². The van der Waals surface area contributed by atoms with Crippen molar-refractivity contribution in [1.29, 1.82) is 0 Å². The normalized spacial score (nSPS) is 12.6.